The van der Waals surface area contributed by atoms with Gasteiger partial charge in [0.15, 0.2) is 0 Å². The number of pyridine rings is 1. The van der Waals surface area contributed by atoms with Gasteiger partial charge in [-0.1, -0.05) is 25.4 Å². The summed E-state index contributed by atoms with van der Waals surface area (Å²) in [5.74, 6) is -3.99. The number of rotatable bonds is 12. The molecule has 0 aliphatic rings. The second-order valence-corrected chi connectivity index (χ2v) is 12.5. The molecular weight excluding hydrogens is 665 g/mol. The number of alkyl halides is 3. The van der Waals surface area contributed by atoms with Crippen molar-refractivity contribution in [2.24, 2.45) is 5.92 Å². The van der Waals surface area contributed by atoms with Gasteiger partial charge in [0.25, 0.3) is 5.56 Å². The molecule has 1 unspecified atom stereocenters. The molecule has 0 bridgehead atoms. The van der Waals surface area contributed by atoms with Crippen LogP contribution < -0.4 is 10.9 Å². The first kappa shape index (κ1) is 39.8. The van der Waals surface area contributed by atoms with E-state index in [0.717, 1.165) is 10.8 Å². The number of benzene rings is 2. The number of aliphatic carboxylic acids is 1. The number of halogens is 6. The minimum atomic E-state index is -4.81. The number of amides is 1. The van der Waals surface area contributed by atoms with E-state index in [1.165, 1.54) is 24.3 Å². The molecule has 258 valence electrons. The maximum Gasteiger partial charge on any atom is 0.416 e. The summed E-state index contributed by atoms with van der Waals surface area (Å²) in [5.41, 5.74) is -0.745. The minimum absolute atomic E-state index is 0. The lowest BCUT2D eigenvalue weighted by atomic mass is 9.92. The number of carbonyl (C=O) groups excluding carboxylic acids is 1. The van der Waals surface area contributed by atoms with Crippen LogP contribution in [0.2, 0.25) is 5.02 Å². The number of aromatic nitrogens is 1. The largest absolute Gasteiger partial charge is 0.481 e. The van der Waals surface area contributed by atoms with E-state index in [1.807, 2.05) is 0 Å². The Bertz CT molecular complexity index is 1650. The average Bonchev–Trinajstić information content (AvgIpc) is 2.90. The van der Waals surface area contributed by atoms with Gasteiger partial charge in [-0.2, -0.15) is 26.7 Å². The summed E-state index contributed by atoms with van der Waals surface area (Å²) in [6.07, 6.45) is -4.65. The summed E-state index contributed by atoms with van der Waals surface area (Å²) in [6, 6.07) is 2.80. The second-order valence-electron chi connectivity index (χ2n) is 12.1. The van der Waals surface area contributed by atoms with Gasteiger partial charge < -0.3 is 19.9 Å². The molecule has 47 heavy (non-hydrogen) atoms. The van der Waals surface area contributed by atoms with Crippen molar-refractivity contribution in [3.05, 3.63) is 91.4 Å². The zero-order valence-electron chi connectivity index (χ0n) is 26.9. The Balaban J connectivity index is 0.00000768. The number of hydrogen-bond acceptors (Lipinski definition) is 4. The molecule has 3 aromatic rings. The minimum Gasteiger partial charge on any atom is -0.481 e. The van der Waals surface area contributed by atoms with Gasteiger partial charge in [0.1, 0.15) is 17.7 Å². The number of likely N-dealkylation sites (N-methyl/N-ethyl adjacent to an activating group) is 1. The fourth-order valence-electron chi connectivity index (χ4n) is 5.49. The number of carboxylic acids is 1. The Morgan fingerprint density at radius 1 is 1.04 bits per heavy atom. The maximum absolute atomic E-state index is 15.6. The molecule has 2 atom stereocenters. The van der Waals surface area contributed by atoms with E-state index in [2.05, 4.69) is 5.32 Å². The highest BCUT2D eigenvalue weighted by Crippen LogP contribution is 2.36. The standard InChI is InChI=1S/C33H37ClF5N3O4.H2S/c1-17(2)9-27(42-16-20(7-8-41(5)6)24(14-28(42)43)33(37,38)39)32(46)40-26(15-29(44)45)23-12-21(13-25(34)31(23)36)30-18(3)10-22(35)11-19(30)4;/h10-14,16-17,26-27H,7-9,15H2,1-6H3,(H,40,46)(H,44,45);1H2/t26-,27?;/m0./s1. The molecule has 1 aromatic heterocycles. The highest BCUT2D eigenvalue weighted by Gasteiger charge is 2.36. The first-order valence-electron chi connectivity index (χ1n) is 14.5. The number of hydrogen-bond donors (Lipinski definition) is 2. The van der Waals surface area contributed by atoms with E-state index in [0.29, 0.717) is 28.3 Å². The lowest BCUT2D eigenvalue weighted by Crippen LogP contribution is -2.41. The van der Waals surface area contributed by atoms with Crippen molar-refractivity contribution < 1.29 is 36.6 Å². The number of nitrogens with zero attached hydrogens (tertiary/aromatic N) is 2. The van der Waals surface area contributed by atoms with Gasteiger partial charge in [0.05, 0.1) is 23.0 Å². The van der Waals surface area contributed by atoms with Crippen molar-refractivity contribution in [3.63, 3.8) is 0 Å². The Morgan fingerprint density at radius 3 is 2.15 bits per heavy atom. The van der Waals surface area contributed by atoms with E-state index in [4.69, 9.17) is 11.6 Å². The van der Waals surface area contributed by atoms with Crippen molar-refractivity contribution >= 4 is 37.0 Å². The van der Waals surface area contributed by atoms with Gasteiger partial charge in [-0.15, -0.1) is 0 Å². The molecule has 2 aromatic carbocycles. The summed E-state index contributed by atoms with van der Waals surface area (Å²) in [5, 5.41) is 11.9. The van der Waals surface area contributed by atoms with E-state index >= 15 is 4.39 Å². The predicted octanol–water partition coefficient (Wildman–Crippen LogP) is 7.22. The third-order valence-electron chi connectivity index (χ3n) is 7.54. The third kappa shape index (κ3) is 10.0. The molecule has 7 nitrogen and oxygen atoms in total. The van der Waals surface area contributed by atoms with Crippen LogP contribution in [0.4, 0.5) is 22.0 Å². The Labute approximate surface area is 282 Å². The van der Waals surface area contributed by atoms with Crippen LogP contribution in [0.3, 0.4) is 0 Å². The second kappa shape index (κ2) is 16.1. The van der Waals surface area contributed by atoms with Crippen LogP contribution in [0, 0.1) is 31.4 Å². The van der Waals surface area contributed by atoms with Crippen LogP contribution in [-0.4, -0.2) is 47.1 Å². The summed E-state index contributed by atoms with van der Waals surface area (Å²) >= 11 is 6.24. The van der Waals surface area contributed by atoms with Crippen molar-refractivity contribution in [2.75, 3.05) is 20.6 Å². The van der Waals surface area contributed by atoms with E-state index in [-0.39, 0.29) is 54.9 Å². The number of carbonyl (C=O) groups is 2. The van der Waals surface area contributed by atoms with Crippen molar-refractivity contribution in [2.45, 2.75) is 65.2 Å². The molecule has 2 N–H and O–H groups in total. The highest BCUT2D eigenvalue weighted by atomic mass is 35.5. The molecule has 0 aliphatic heterocycles. The lowest BCUT2D eigenvalue weighted by molar-refractivity contribution is -0.139. The fraction of sp³-hybridized carbons (Fsp3) is 0.424. The monoisotopic (exact) mass is 703 g/mol. The van der Waals surface area contributed by atoms with Crippen LogP contribution in [0.5, 0.6) is 0 Å². The first-order chi connectivity index (χ1) is 21.3. The number of nitrogens with one attached hydrogen (secondary N) is 1. The first-order valence-corrected chi connectivity index (χ1v) is 14.9. The normalized spacial score (nSPS) is 13.0. The molecule has 3 rings (SSSR count). The van der Waals surface area contributed by atoms with Crippen molar-refractivity contribution in [1.29, 1.82) is 0 Å². The van der Waals surface area contributed by atoms with Crippen LogP contribution in [0.1, 0.15) is 66.6 Å². The summed E-state index contributed by atoms with van der Waals surface area (Å²) in [7, 11) is 3.36. The summed E-state index contributed by atoms with van der Waals surface area (Å²) in [4.78, 5) is 40.6. The van der Waals surface area contributed by atoms with Crippen molar-refractivity contribution in [3.8, 4) is 11.1 Å². The van der Waals surface area contributed by atoms with Crippen LogP contribution in [-0.2, 0) is 22.2 Å². The highest BCUT2D eigenvalue weighted by molar-refractivity contribution is 7.59. The molecule has 14 heteroatoms. The van der Waals surface area contributed by atoms with Crippen LogP contribution in [0.25, 0.3) is 11.1 Å². The molecule has 1 amide bonds. The summed E-state index contributed by atoms with van der Waals surface area (Å²) in [6.45, 7) is 7.00. The average molecular weight is 704 g/mol. The lowest BCUT2D eigenvalue weighted by Gasteiger charge is -2.27. The van der Waals surface area contributed by atoms with Gasteiger partial charge in [-0.25, -0.2) is 8.78 Å². The molecule has 0 saturated carbocycles. The Morgan fingerprint density at radius 2 is 1.64 bits per heavy atom. The van der Waals surface area contributed by atoms with Crippen molar-refractivity contribution in [1.82, 2.24) is 14.8 Å². The van der Waals surface area contributed by atoms with Gasteiger partial charge >= 0.3 is 12.1 Å². The van der Waals surface area contributed by atoms with E-state index in [9.17, 15) is 37.1 Å². The number of aryl methyl sites for hydroxylation is 2. The van der Waals surface area contributed by atoms with E-state index < -0.39 is 59.3 Å². The number of carboxylic acid groups (broad SMARTS) is 1. The van der Waals surface area contributed by atoms with Gasteiger partial charge in [-0.3, -0.25) is 14.4 Å². The van der Waals surface area contributed by atoms with Gasteiger partial charge in [0.2, 0.25) is 5.91 Å². The van der Waals surface area contributed by atoms with Gasteiger partial charge in [-0.05, 0) is 98.8 Å². The molecule has 0 radical (unpaired) electrons. The third-order valence-corrected chi connectivity index (χ3v) is 7.82. The zero-order valence-corrected chi connectivity index (χ0v) is 28.6. The molecule has 1 heterocycles. The molecule has 0 spiro atoms. The zero-order chi connectivity index (χ0) is 34.7. The SMILES string of the molecule is Cc1cc(F)cc(C)c1-c1cc(Cl)c(F)c([C@H](CC(=O)O)NC(=O)C(CC(C)C)n2cc(CCN(C)C)c(C(F)(F)F)cc2=O)c1.S. The Hall–Kier alpha value is -3.42. The quantitative estimate of drug-likeness (QED) is 0.195. The van der Waals surface area contributed by atoms with E-state index in [1.54, 1.807) is 46.7 Å². The Kier molecular flexibility index (Phi) is 13.6. The topological polar surface area (TPSA) is 91.6 Å². The summed E-state index contributed by atoms with van der Waals surface area (Å²) < 4.78 is 72.1. The molecule has 0 saturated heterocycles. The van der Waals surface area contributed by atoms with Gasteiger partial charge in [0, 0.05) is 24.4 Å². The van der Waals surface area contributed by atoms with Crippen LogP contribution in [0.15, 0.2) is 41.3 Å². The predicted molar refractivity (Wildman–Crippen MR) is 176 cm³/mol. The van der Waals surface area contributed by atoms with Crippen LogP contribution >= 0.6 is 25.1 Å². The fourth-order valence-corrected chi connectivity index (χ4v) is 5.72. The maximum atomic E-state index is 15.6. The molecular formula is C33H39ClF5N3O4S. The molecule has 0 aliphatic carbocycles. The smallest absolute Gasteiger partial charge is 0.416 e. The molecule has 0 fully saturated rings.